The molecule has 0 heterocycles. The van der Waals surface area contributed by atoms with E-state index in [4.69, 9.17) is 34.3 Å². The molecule has 0 aliphatic carbocycles. The Morgan fingerprint density at radius 3 is 2.94 bits per heavy atom. The first-order valence-corrected chi connectivity index (χ1v) is 6.34. The highest BCUT2D eigenvalue weighted by atomic mass is 35.5. The molecule has 0 bridgehead atoms. The van der Waals surface area contributed by atoms with E-state index in [1.807, 2.05) is 19.1 Å². The number of nitrogens with two attached hydrogens (primary N) is 1. The van der Waals surface area contributed by atoms with Crippen molar-refractivity contribution in [3.05, 3.63) is 28.8 Å². The Balaban J connectivity index is 2.55. The molecule has 0 saturated heterocycles. The van der Waals surface area contributed by atoms with Gasteiger partial charge in [0, 0.05) is 36.0 Å². The van der Waals surface area contributed by atoms with Crippen molar-refractivity contribution in [3.8, 4) is 0 Å². The highest BCUT2D eigenvalue weighted by Gasteiger charge is 2.05. The maximum absolute atomic E-state index is 5.90. The van der Waals surface area contributed by atoms with E-state index in [1.54, 1.807) is 6.07 Å². The summed E-state index contributed by atoms with van der Waals surface area (Å²) < 4.78 is 5.26. The number of rotatable bonds is 7. The van der Waals surface area contributed by atoms with E-state index in [-0.39, 0.29) is 0 Å². The first-order valence-electron chi connectivity index (χ1n) is 5.56. The quantitative estimate of drug-likeness (QED) is 0.592. The van der Waals surface area contributed by atoms with Crippen LogP contribution >= 0.6 is 23.8 Å². The van der Waals surface area contributed by atoms with Crippen molar-refractivity contribution < 1.29 is 4.74 Å². The van der Waals surface area contributed by atoms with Gasteiger partial charge in [0.25, 0.3) is 0 Å². The van der Waals surface area contributed by atoms with Gasteiger partial charge in [-0.2, -0.15) is 0 Å². The standard InChI is InChI=1S/C12H17ClN2OS/c1-2-16-7-3-6-15-11-5-4-9(13)8-10(11)12(14)17/h4-5,8,15H,2-3,6-7H2,1H3,(H2,14,17). The number of nitrogens with one attached hydrogen (secondary N) is 1. The van der Waals surface area contributed by atoms with Crippen LogP contribution in [0.4, 0.5) is 5.69 Å². The SMILES string of the molecule is CCOCCCNc1ccc(Cl)cc1C(N)=S. The molecule has 0 aliphatic heterocycles. The van der Waals surface area contributed by atoms with Crippen molar-refractivity contribution >= 4 is 34.5 Å². The average Bonchev–Trinajstić information content (AvgIpc) is 2.30. The molecule has 0 unspecified atom stereocenters. The fourth-order valence-electron chi connectivity index (χ4n) is 1.42. The molecule has 5 heteroatoms. The molecule has 0 atom stereocenters. The van der Waals surface area contributed by atoms with Crippen LogP contribution in [0.15, 0.2) is 18.2 Å². The molecule has 94 valence electrons. The van der Waals surface area contributed by atoms with Crippen molar-refractivity contribution in [2.24, 2.45) is 5.73 Å². The summed E-state index contributed by atoms with van der Waals surface area (Å²) in [6, 6.07) is 5.47. The van der Waals surface area contributed by atoms with Gasteiger partial charge in [-0.3, -0.25) is 0 Å². The van der Waals surface area contributed by atoms with Crippen LogP contribution in [-0.4, -0.2) is 24.7 Å². The molecule has 1 aromatic carbocycles. The lowest BCUT2D eigenvalue weighted by atomic mass is 10.1. The summed E-state index contributed by atoms with van der Waals surface area (Å²) in [5, 5.41) is 3.91. The molecule has 3 N–H and O–H groups in total. The van der Waals surface area contributed by atoms with Crippen LogP contribution in [0.5, 0.6) is 0 Å². The summed E-state index contributed by atoms with van der Waals surface area (Å²) in [6.45, 7) is 4.30. The minimum atomic E-state index is 0.347. The maximum atomic E-state index is 5.90. The second-order valence-corrected chi connectivity index (χ2v) is 4.41. The van der Waals surface area contributed by atoms with Gasteiger partial charge in [-0.05, 0) is 31.5 Å². The molecule has 17 heavy (non-hydrogen) atoms. The number of thiocarbonyl (C=S) groups is 1. The number of anilines is 1. The summed E-state index contributed by atoms with van der Waals surface area (Å²) in [5.41, 5.74) is 7.34. The zero-order valence-corrected chi connectivity index (χ0v) is 11.4. The largest absolute Gasteiger partial charge is 0.389 e. The van der Waals surface area contributed by atoms with E-state index in [0.717, 1.165) is 37.4 Å². The minimum Gasteiger partial charge on any atom is -0.389 e. The van der Waals surface area contributed by atoms with Crippen molar-refractivity contribution in [3.63, 3.8) is 0 Å². The lowest BCUT2D eigenvalue weighted by Gasteiger charge is -2.11. The molecular formula is C12H17ClN2OS. The van der Waals surface area contributed by atoms with Crippen molar-refractivity contribution in [2.75, 3.05) is 25.1 Å². The zero-order chi connectivity index (χ0) is 12.7. The van der Waals surface area contributed by atoms with Gasteiger partial charge in [0.2, 0.25) is 0 Å². The third-order valence-electron chi connectivity index (χ3n) is 2.23. The normalized spacial score (nSPS) is 10.2. The first kappa shape index (κ1) is 14.2. The number of hydrogen-bond donors (Lipinski definition) is 2. The molecule has 0 spiro atoms. The molecule has 0 radical (unpaired) electrons. The Kier molecular flexibility index (Phi) is 6.26. The Morgan fingerprint density at radius 2 is 2.29 bits per heavy atom. The summed E-state index contributed by atoms with van der Waals surface area (Å²) in [5.74, 6) is 0. The van der Waals surface area contributed by atoms with Gasteiger partial charge >= 0.3 is 0 Å². The summed E-state index contributed by atoms with van der Waals surface area (Å²) in [6.07, 6.45) is 0.938. The highest BCUT2D eigenvalue weighted by molar-refractivity contribution is 7.80. The molecule has 0 aliphatic rings. The van der Waals surface area contributed by atoms with E-state index in [9.17, 15) is 0 Å². The molecule has 0 aromatic heterocycles. The highest BCUT2D eigenvalue weighted by Crippen LogP contribution is 2.20. The van der Waals surface area contributed by atoms with Gasteiger partial charge < -0.3 is 15.8 Å². The molecular weight excluding hydrogens is 256 g/mol. The number of benzene rings is 1. The van der Waals surface area contributed by atoms with Gasteiger partial charge in [0.15, 0.2) is 0 Å². The Bertz CT molecular complexity index is 385. The fraction of sp³-hybridized carbons (Fsp3) is 0.417. The monoisotopic (exact) mass is 272 g/mol. The number of hydrogen-bond acceptors (Lipinski definition) is 3. The van der Waals surface area contributed by atoms with Gasteiger partial charge in [-0.15, -0.1) is 0 Å². The smallest absolute Gasteiger partial charge is 0.106 e. The molecule has 0 amide bonds. The molecule has 0 fully saturated rings. The second kappa shape index (κ2) is 7.48. The van der Waals surface area contributed by atoms with Crippen LogP contribution < -0.4 is 11.1 Å². The Hall–Kier alpha value is -0.840. The van der Waals surface area contributed by atoms with Crippen LogP contribution in [0.3, 0.4) is 0 Å². The van der Waals surface area contributed by atoms with E-state index in [1.165, 1.54) is 0 Å². The summed E-state index contributed by atoms with van der Waals surface area (Å²) in [7, 11) is 0. The predicted octanol–water partition coefficient (Wildman–Crippen LogP) is 2.81. The molecule has 3 nitrogen and oxygen atoms in total. The van der Waals surface area contributed by atoms with Crippen LogP contribution in [0.1, 0.15) is 18.9 Å². The molecule has 0 saturated carbocycles. The van der Waals surface area contributed by atoms with Crippen LogP contribution in [0.25, 0.3) is 0 Å². The van der Waals surface area contributed by atoms with Gasteiger partial charge in [0.05, 0.1) is 0 Å². The lowest BCUT2D eigenvalue weighted by molar-refractivity contribution is 0.147. The lowest BCUT2D eigenvalue weighted by Crippen LogP contribution is -2.14. The Morgan fingerprint density at radius 1 is 1.53 bits per heavy atom. The second-order valence-electron chi connectivity index (χ2n) is 3.53. The van der Waals surface area contributed by atoms with E-state index in [2.05, 4.69) is 5.32 Å². The fourth-order valence-corrected chi connectivity index (χ4v) is 1.76. The number of halogens is 1. The van der Waals surface area contributed by atoms with Gasteiger partial charge in [0.1, 0.15) is 4.99 Å². The van der Waals surface area contributed by atoms with Crippen LogP contribution in [0.2, 0.25) is 5.02 Å². The first-order chi connectivity index (χ1) is 8.15. The minimum absolute atomic E-state index is 0.347. The average molecular weight is 273 g/mol. The molecule has 1 rings (SSSR count). The zero-order valence-electron chi connectivity index (χ0n) is 9.83. The van der Waals surface area contributed by atoms with Crippen molar-refractivity contribution in [1.82, 2.24) is 0 Å². The molecule has 1 aromatic rings. The topological polar surface area (TPSA) is 47.3 Å². The van der Waals surface area contributed by atoms with Crippen molar-refractivity contribution in [1.29, 1.82) is 0 Å². The summed E-state index contributed by atoms with van der Waals surface area (Å²) >= 11 is 10.9. The van der Waals surface area contributed by atoms with E-state index in [0.29, 0.717) is 10.0 Å². The van der Waals surface area contributed by atoms with E-state index >= 15 is 0 Å². The Labute approximate surface area is 112 Å². The third-order valence-corrected chi connectivity index (χ3v) is 2.69. The third kappa shape index (κ3) is 4.89. The maximum Gasteiger partial charge on any atom is 0.106 e. The van der Waals surface area contributed by atoms with Crippen LogP contribution in [0, 0.1) is 0 Å². The number of ether oxygens (including phenoxy) is 1. The van der Waals surface area contributed by atoms with Gasteiger partial charge in [-0.1, -0.05) is 23.8 Å². The summed E-state index contributed by atoms with van der Waals surface area (Å²) in [4.78, 5) is 0.347. The van der Waals surface area contributed by atoms with E-state index < -0.39 is 0 Å². The predicted molar refractivity (Wildman–Crippen MR) is 76.9 cm³/mol. The van der Waals surface area contributed by atoms with Crippen molar-refractivity contribution in [2.45, 2.75) is 13.3 Å². The van der Waals surface area contributed by atoms with Gasteiger partial charge in [-0.25, -0.2) is 0 Å². The van der Waals surface area contributed by atoms with Crippen LogP contribution in [-0.2, 0) is 4.74 Å².